The maximum atomic E-state index is 11.5. The summed E-state index contributed by atoms with van der Waals surface area (Å²) < 4.78 is 27.7. The van der Waals surface area contributed by atoms with E-state index in [1.807, 2.05) is 13.8 Å². The molecule has 0 fully saturated rings. The van der Waals surface area contributed by atoms with Crippen molar-refractivity contribution in [2.24, 2.45) is 5.92 Å². The average molecular weight is 244 g/mol. The van der Waals surface area contributed by atoms with E-state index in [9.17, 15) is 8.42 Å². The molecule has 0 radical (unpaired) electrons. The fraction of sp³-hybridized carbons (Fsp3) is 0.444. The van der Waals surface area contributed by atoms with Crippen molar-refractivity contribution >= 4 is 21.7 Å². The molecular formula is C9H16N4O2S. The van der Waals surface area contributed by atoms with Gasteiger partial charge in [0.2, 0.25) is 0 Å². The van der Waals surface area contributed by atoms with Gasteiger partial charge < -0.3 is 5.73 Å². The van der Waals surface area contributed by atoms with Gasteiger partial charge in [-0.05, 0) is 18.1 Å². The Hall–Kier alpha value is -1.34. The first-order valence-corrected chi connectivity index (χ1v) is 6.36. The largest absolute Gasteiger partial charge is 0.397 e. The first-order valence-electron chi connectivity index (χ1n) is 4.88. The van der Waals surface area contributed by atoms with Crippen molar-refractivity contribution in [3.63, 3.8) is 0 Å². The van der Waals surface area contributed by atoms with Crippen molar-refractivity contribution in [1.29, 1.82) is 0 Å². The Morgan fingerprint density at radius 2 is 2.12 bits per heavy atom. The van der Waals surface area contributed by atoms with Crippen molar-refractivity contribution in [2.75, 3.05) is 17.0 Å². The van der Waals surface area contributed by atoms with E-state index in [1.54, 1.807) is 6.07 Å². The Labute approximate surface area is 95.4 Å². The SMILES string of the molecule is CC(C)CNS(=O)(=O)Nc1ccc(N)cn1. The van der Waals surface area contributed by atoms with Crippen molar-refractivity contribution in [1.82, 2.24) is 9.71 Å². The average Bonchev–Trinajstić information content (AvgIpc) is 2.19. The second-order valence-corrected chi connectivity index (χ2v) is 5.32. The molecular weight excluding hydrogens is 228 g/mol. The molecule has 1 aromatic rings. The Morgan fingerprint density at radius 3 is 2.62 bits per heavy atom. The molecule has 0 atom stereocenters. The smallest absolute Gasteiger partial charge is 0.300 e. The Bertz CT molecular complexity index is 427. The lowest BCUT2D eigenvalue weighted by atomic mass is 10.2. The molecule has 4 N–H and O–H groups in total. The highest BCUT2D eigenvalue weighted by Gasteiger charge is 2.10. The molecule has 0 amide bonds. The van der Waals surface area contributed by atoms with E-state index in [-0.39, 0.29) is 11.7 Å². The molecule has 6 nitrogen and oxygen atoms in total. The third-order valence-corrected chi connectivity index (χ3v) is 2.73. The summed E-state index contributed by atoms with van der Waals surface area (Å²) in [5.41, 5.74) is 5.92. The van der Waals surface area contributed by atoms with Crippen molar-refractivity contribution in [3.05, 3.63) is 18.3 Å². The molecule has 0 aliphatic carbocycles. The summed E-state index contributed by atoms with van der Waals surface area (Å²) in [5, 5.41) is 0. The molecule has 0 spiro atoms. The standard InChI is InChI=1S/C9H16N4O2S/c1-7(2)5-12-16(14,15)13-9-4-3-8(10)6-11-9/h3-4,6-7,12H,5,10H2,1-2H3,(H,11,13). The van der Waals surface area contributed by atoms with E-state index in [0.717, 1.165) is 0 Å². The number of hydrogen-bond acceptors (Lipinski definition) is 4. The molecule has 1 aromatic heterocycles. The lowest BCUT2D eigenvalue weighted by Gasteiger charge is -2.10. The first-order chi connectivity index (χ1) is 7.39. The molecule has 90 valence electrons. The molecule has 7 heteroatoms. The van der Waals surface area contributed by atoms with Gasteiger partial charge in [-0.15, -0.1) is 0 Å². The zero-order valence-electron chi connectivity index (χ0n) is 9.27. The number of nitrogens with zero attached hydrogens (tertiary/aromatic N) is 1. The van der Waals surface area contributed by atoms with Crippen LogP contribution in [0.25, 0.3) is 0 Å². The van der Waals surface area contributed by atoms with Crippen molar-refractivity contribution in [3.8, 4) is 0 Å². The third kappa shape index (κ3) is 4.45. The Balaban J connectivity index is 2.62. The first kappa shape index (κ1) is 12.7. The monoisotopic (exact) mass is 244 g/mol. The molecule has 0 unspecified atom stereocenters. The molecule has 0 saturated heterocycles. The third-order valence-electron chi connectivity index (χ3n) is 1.71. The second-order valence-electron chi connectivity index (χ2n) is 3.82. The quantitative estimate of drug-likeness (QED) is 0.705. The summed E-state index contributed by atoms with van der Waals surface area (Å²) in [6, 6.07) is 3.08. The number of nitrogens with one attached hydrogen (secondary N) is 2. The minimum absolute atomic E-state index is 0.241. The molecule has 1 heterocycles. The molecule has 0 aliphatic heterocycles. The fourth-order valence-electron chi connectivity index (χ4n) is 0.916. The van der Waals surface area contributed by atoms with E-state index in [0.29, 0.717) is 12.2 Å². The van der Waals surface area contributed by atoms with Crippen LogP contribution in [0.4, 0.5) is 11.5 Å². The fourth-order valence-corrected chi connectivity index (χ4v) is 1.94. The summed E-state index contributed by atoms with van der Waals surface area (Å²) in [6.07, 6.45) is 1.39. The lowest BCUT2D eigenvalue weighted by Crippen LogP contribution is -2.33. The van der Waals surface area contributed by atoms with Gasteiger partial charge in [0.05, 0.1) is 11.9 Å². The van der Waals surface area contributed by atoms with Crippen LogP contribution in [0.5, 0.6) is 0 Å². The van der Waals surface area contributed by atoms with Crippen LogP contribution in [0.3, 0.4) is 0 Å². The van der Waals surface area contributed by atoms with Gasteiger partial charge in [0, 0.05) is 6.54 Å². The van der Waals surface area contributed by atoms with E-state index in [4.69, 9.17) is 5.73 Å². The lowest BCUT2D eigenvalue weighted by molar-refractivity contribution is 0.564. The predicted molar refractivity (Wildman–Crippen MR) is 64.0 cm³/mol. The Kier molecular flexibility index (Phi) is 4.08. The van der Waals surface area contributed by atoms with Crippen molar-refractivity contribution < 1.29 is 8.42 Å². The van der Waals surface area contributed by atoms with Crippen LogP contribution in [0.1, 0.15) is 13.8 Å². The van der Waals surface area contributed by atoms with Crippen LogP contribution in [0.15, 0.2) is 18.3 Å². The molecule has 0 bridgehead atoms. The van der Waals surface area contributed by atoms with Crippen LogP contribution in [-0.4, -0.2) is 19.9 Å². The van der Waals surface area contributed by atoms with E-state index >= 15 is 0 Å². The number of nitrogens with two attached hydrogens (primary N) is 1. The van der Waals surface area contributed by atoms with Gasteiger partial charge in [-0.2, -0.15) is 13.1 Å². The van der Waals surface area contributed by atoms with Gasteiger partial charge in [0.1, 0.15) is 5.82 Å². The topological polar surface area (TPSA) is 97.1 Å². The summed E-state index contributed by atoms with van der Waals surface area (Å²) >= 11 is 0. The molecule has 1 rings (SSSR count). The zero-order chi connectivity index (χ0) is 12.2. The minimum atomic E-state index is -3.55. The highest BCUT2D eigenvalue weighted by atomic mass is 32.2. The van der Waals surface area contributed by atoms with Gasteiger partial charge in [0.25, 0.3) is 10.2 Å². The summed E-state index contributed by atoms with van der Waals surface area (Å²) in [6.45, 7) is 4.22. The van der Waals surface area contributed by atoms with Crippen LogP contribution < -0.4 is 15.2 Å². The maximum Gasteiger partial charge on any atom is 0.300 e. The van der Waals surface area contributed by atoms with Crippen LogP contribution >= 0.6 is 0 Å². The molecule has 0 aromatic carbocycles. The number of pyridine rings is 1. The van der Waals surface area contributed by atoms with Gasteiger partial charge in [-0.25, -0.2) is 4.98 Å². The van der Waals surface area contributed by atoms with Gasteiger partial charge in [0.15, 0.2) is 0 Å². The van der Waals surface area contributed by atoms with E-state index < -0.39 is 10.2 Å². The molecule has 0 aliphatic rings. The van der Waals surface area contributed by atoms with Gasteiger partial charge in [-0.1, -0.05) is 13.8 Å². The van der Waals surface area contributed by atoms with E-state index in [1.165, 1.54) is 12.3 Å². The van der Waals surface area contributed by atoms with E-state index in [2.05, 4.69) is 14.4 Å². The zero-order valence-corrected chi connectivity index (χ0v) is 10.1. The molecule has 0 saturated carbocycles. The molecule has 16 heavy (non-hydrogen) atoms. The highest BCUT2D eigenvalue weighted by Crippen LogP contribution is 2.07. The van der Waals surface area contributed by atoms with Crippen molar-refractivity contribution in [2.45, 2.75) is 13.8 Å². The number of hydrogen-bond donors (Lipinski definition) is 3. The minimum Gasteiger partial charge on any atom is -0.397 e. The van der Waals surface area contributed by atoms with Crippen LogP contribution in [-0.2, 0) is 10.2 Å². The summed E-state index contributed by atoms with van der Waals surface area (Å²) in [7, 11) is -3.55. The van der Waals surface area contributed by atoms with Gasteiger partial charge in [-0.3, -0.25) is 4.72 Å². The normalized spacial score (nSPS) is 11.7. The van der Waals surface area contributed by atoms with Crippen LogP contribution in [0, 0.1) is 5.92 Å². The summed E-state index contributed by atoms with van der Waals surface area (Å²) in [4.78, 5) is 3.84. The predicted octanol–water partition coefficient (Wildman–Crippen LogP) is 0.566. The Morgan fingerprint density at radius 1 is 1.44 bits per heavy atom. The number of rotatable bonds is 5. The number of aromatic nitrogens is 1. The maximum absolute atomic E-state index is 11.5. The van der Waals surface area contributed by atoms with Crippen LogP contribution in [0.2, 0.25) is 0 Å². The summed E-state index contributed by atoms with van der Waals surface area (Å²) in [5.74, 6) is 0.487. The number of nitrogen functional groups attached to an aromatic ring is 1. The van der Waals surface area contributed by atoms with Gasteiger partial charge >= 0.3 is 0 Å². The second kappa shape index (κ2) is 5.13. The number of anilines is 2. The highest BCUT2D eigenvalue weighted by molar-refractivity contribution is 7.90.